The van der Waals surface area contributed by atoms with Crippen LogP contribution in [0.15, 0.2) is 71.1 Å². The molecule has 1 aliphatic heterocycles. The summed E-state index contributed by atoms with van der Waals surface area (Å²) in [6, 6.07) is 15.1. The number of hydrogen-bond donors (Lipinski definition) is 1. The van der Waals surface area contributed by atoms with E-state index >= 15 is 0 Å². The van der Waals surface area contributed by atoms with Crippen LogP contribution in [0.4, 0.5) is 5.69 Å². The molecule has 0 fully saturated rings. The summed E-state index contributed by atoms with van der Waals surface area (Å²) in [5.41, 5.74) is 5.86. The van der Waals surface area contributed by atoms with Crippen LogP contribution in [0.3, 0.4) is 0 Å². The zero-order chi connectivity index (χ0) is 28.1. The number of ether oxygens (including phenoxy) is 1. The van der Waals surface area contributed by atoms with Gasteiger partial charge in [0.05, 0.1) is 0 Å². The molecule has 1 heterocycles. The molecule has 1 N–H and O–H groups in total. The van der Waals surface area contributed by atoms with Crippen LogP contribution < -0.4 is 10.1 Å². The van der Waals surface area contributed by atoms with E-state index in [1.807, 2.05) is 56.4 Å². The van der Waals surface area contributed by atoms with Crippen LogP contribution in [-0.2, 0) is 14.4 Å². The molecular weight excluding hydrogens is 488 g/mol. The molecule has 0 aromatic heterocycles. The zero-order valence-electron chi connectivity index (χ0n) is 23.8. The maximum absolute atomic E-state index is 13.7. The third-order valence-electron chi connectivity index (χ3n) is 8.04. The van der Waals surface area contributed by atoms with Crippen molar-refractivity contribution in [3.63, 3.8) is 0 Å². The first-order chi connectivity index (χ1) is 18.3. The lowest BCUT2D eigenvalue weighted by atomic mass is 9.64. The summed E-state index contributed by atoms with van der Waals surface area (Å²) in [4.78, 5) is 42.0. The average Bonchev–Trinajstić information content (AvgIpc) is 2.83. The molecule has 6 nitrogen and oxygen atoms in total. The van der Waals surface area contributed by atoms with Gasteiger partial charge in [0.25, 0.3) is 5.91 Å². The van der Waals surface area contributed by atoms with Crippen LogP contribution in [0, 0.1) is 17.8 Å². The van der Waals surface area contributed by atoms with Crippen molar-refractivity contribution >= 4 is 23.2 Å². The highest BCUT2D eigenvalue weighted by atomic mass is 16.5. The van der Waals surface area contributed by atoms with Gasteiger partial charge in [0, 0.05) is 54.0 Å². The van der Waals surface area contributed by atoms with Crippen molar-refractivity contribution in [2.45, 2.75) is 66.2 Å². The van der Waals surface area contributed by atoms with Gasteiger partial charge in [-0.05, 0) is 66.0 Å². The smallest absolute Gasteiger partial charge is 0.262 e. The van der Waals surface area contributed by atoms with E-state index in [1.54, 1.807) is 6.07 Å². The molecule has 204 valence electrons. The Morgan fingerprint density at radius 2 is 1.49 bits per heavy atom. The van der Waals surface area contributed by atoms with Crippen molar-refractivity contribution in [2.75, 3.05) is 19.0 Å². The molecule has 0 spiro atoms. The van der Waals surface area contributed by atoms with Crippen LogP contribution in [0.1, 0.15) is 70.4 Å². The number of hydrogen-bond acceptors (Lipinski definition) is 5. The van der Waals surface area contributed by atoms with Gasteiger partial charge in [-0.2, -0.15) is 0 Å². The van der Waals surface area contributed by atoms with E-state index in [-0.39, 0.29) is 34.9 Å². The Bertz CT molecular complexity index is 1370. The van der Waals surface area contributed by atoms with Gasteiger partial charge in [-0.3, -0.25) is 14.4 Å². The average molecular weight is 527 g/mol. The van der Waals surface area contributed by atoms with E-state index in [4.69, 9.17) is 4.74 Å². The van der Waals surface area contributed by atoms with Crippen LogP contribution in [0.2, 0.25) is 0 Å². The molecule has 3 aliphatic rings. The zero-order valence-corrected chi connectivity index (χ0v) is 23.8. The third-order valence-corrected chi connectivity index (χ3v) is 8.04. The fraction of sp³-hybridized carbons (Fsp3) is 0.424. The number of carbonyl (C=O) groups is 3. The summed E-state index contributed by atoms with van der Waals surface area (Å²) in [5.74, 6) is 0.0531. The Labute approximate surface area is 231 Å². The number of Topliss-reactive ketones (excluding diaryl/α,β-unsaturated/α-hetero) is 2. The van der Waals surface area contributed by atoms with Gasteiger partial charge >= 0.3 is 0 Å². The maximum Gasteiger partial charge on any atom is 0.262 e. The number of carbonyl (C=O) groups excluding carboxylic acids is 3. The lowest BCUT2D eigenvalue weighted by Crippen LogP contribution is -2.43. The van der Waals surface area contributed by atoms with E-state index in [1.165, 1.54) is 0 Å². The van der Waals surface area contributed by atoms with Crippen LogP contribution in [0.25, 0.3) is 0 Å². The predicted octanol–water partition coefficient (Wildman–Crippen LogP) is 6.33. The summed E-state index contributed by atoms with van der Waals surface area (Å²) in [6.45, 7) is 10.4. The number of aryl methyl sites for hydroxylation is 1. The van der Waals surface area contributed by atoms with Crippen molar-refractivity contribution in [3.8, 4) is 5.75 Å². The summed E-state index contributed by atoms with van der Waals surface area (Å²) in [7, 11) is 2.01. The Hall–Kier alpha value is -3.67. The molecule has 0 saturated carbocycles. The fourth-order valence-corrected chi connectivity index (χ4v) is 6.35. The topological polar surface area (TPSA) is 75.7 Å². The molecule has 0 atom stereocenters. The summed E-state index contributed by atoms with van der Waals surface area (Å²) in [5, 5.41) is 2.86. The second kappa shape index (κ2) is 9.82. The minimum absolute atomic E-state index is 0.103. The number of nitrogens with one attached hydrogen (secondary N) is 1. The third kappa shape index (κ3) is 5.42. The SMILES string of the molecule is Cc1cccc(NC(=O)COc2cccc(C3C4=C(CC(C)(C)CC4=O)N(C)C4=C3C(=O)CC(C)(C)C4)c2)c1. The van der Waals surface area contributed by atoms with Crippen molar-refractivity contribution in [1.82, 2.24) is 4.90 Å². The highest BCUT2D eigenvalue weighted by molar-refractivity contribution is 6.06. The quantitative estimate of drug-likeness (QED) is 0.493. The lowest BCUT2D eigenvalue weighted by Gasteiger charge is -2.47. The number of anilines is 1. The monoisotopic (exact) mass is 526 g/mol. The number of benzene rings is 2. The van der Waals surface area contributed by atoms with E-state index in [2.05, 4.69) is 37.9 Å². The fourth-order valence-electron chi connectivity index (χ4n) is 6.35. The van der Waals surface area contributed by atoms with Crippen LogP contribution in [-0.4, -0.2) is 36.0 Å². The molecule has 5 rings (SSSR count). The van der Waals surface area contributed by atoms with E-state index < -0.39 is 5.92 Å². The molecule has 0 saturated heterocycles. The Kier molecular flexibility index (Phi) is 6.78. The minimum Gasteiger partial charge on any atom is -0.484 e. The highest BCUT2D eigenvalue weighted by Crippen LogP contribution is 2.54. The predicted molar refractivity (Wildman–Crippen MR) is 152 cm³/mol. The van der Waals surface area contributed by atoms with Gasteiger partial charge in [-0.1, -0.05) is 52.0 Å². The Morgan fingerprint density at radius 1 is 0.897 bits per heavy atom. The lowest BCUT2D eigenvalue weighted by molar-refractivity contribution is -0.120. The molecule has 2 aliphatic carbocycles. The largest absolute Gasteiger partial charge is 0.484 e. The molecule has 0 bridgehead atoms. The first-order valence-electron chi connectivity index (χ1n) is 13.7. The van der Waals surface area contributed by atoms with Crippen LogP contribution in [0.5, 0.6) is 5.75 Å². The molecule has 2 aromatic carbocycles. The molecular formula is C33H38N2O4. The Balaban J connectivity index is 1.48. The van der Waals surface area contributed by atoms with Crippen LogP contribution >= 0.6 is 0 Å². The van der Waals surface area contributed by atoms with Crippen molar-refractivity contribution < 1.29 is 19.1 Å². The number of nitrogens with zero attached hydrogens (tertiary/aromatic N) is 1. The first-order valence-corrected chi connectivity index (χ1v) is 13.7. The van der Waals surface area contributed by atoms with E-state index in [0.29, 0.717) is 18.6 Å². The molecule has 2 aromatic rings. The van der Waals surface area contributed by atoms with Gasteiger partial charge in [0.2, 0.25) is 0 Å². The van der Waals surface area contributed by atoms with E-state index in [9.17, 15) is 14.4 Å². The number of allylic oxidation sites excluding steroid dienone is 4. The van der Waals surface area contributed by atoms with Crippen molar-refractivity contribution in [1.29, 1.82) is 0 Å². The van der Waals surface area contributed by atoms with Crippen molar-refractivity contribution in [3.05, 3.63) is 82.2 Å². The molecule has 0 radical (unpaired) electrons. The summed E-state index contributed by atoms with van der Waals surface area (Å²) < 4.78 is 5.89. The summed E-state index contributed by atoms with van der Waals surface area (Å²) in [6.07, 6.45) is 2.46. The standard InChI is InChI=1S/C33H38N2O4/c1-20-9-7-11-22(13-20)34-28(38)19-39-23-12-8-10-21(14-23)29-30-24(15-32(2,3)17-26(30)36)35(6)25-16-33(4,5)18-27(37)31(25)29/h7-14,29H,15-19H2,1-6H3,(H,34,38). The maximum atomic E-state index is 13.7. The van der Waals surface area contributed by atoms with Gasteiger partial charge < -0.3 is 15.0 Å². The molecule has 6 heteroatoms. The Morgan fingerprint density at radius 3 is 2.08 bits per heavy atom. The number of amides is 1. The molecule has 39 heavy (non-hydrogen) atoms. The second-order valence-corrected chi connectivity index (χ2v) is 12.9. The first kappa shape index (κ1) is 26.9. The molecule has 0 unspecified atom stereocenters. The normalized spacial score (nSPS) is 20.5. The molecule has 1 amide bonds. The van der Waals surface area contributed by atoms with Gasteiger partial charge in [-0.15, -0.1) is 0 Å². The van der Waals surface area contributed by atoms with Gasteiger partial charge in [0.15, 0.2) is 18.2 Å². The van der Waals surface area contributed by atoms with E-state index in [0.717, 1.165) is 52.2 Å². The second-order valence-electron chi connectivity index (χ2n) is 12.9. The summed E-state index contributed by atoms with van der Waals surface area (Å²) >= 11 is 0. The number of ketones is 2. The number of rotatable bonds is 5. The minimum atomic E-state index is -0.428. The highest BCUT2D eigenvalue weighted by Gasteiger charge is 2.48. The van der Waals surface area contributed by atoms with Gasteiger partial charge in [-0.25, -0.2) is 0 Å². The van der Waals surface area contributed by atoms with Crippen molar-refractivity contribution in [2.24, 2.45) is 10.8 Å². The van der Waals surface area contributed by atoms with Gasteiger partial charge in [0.1, 0.15) is 5.75 Å².